The average Bonchev–Trinajstić information content (AvgIpc) is 2.49. The maximum absolute atomic E-state index is 12.3. The van der Waals surface area contributed by atoms with E-state index in [2.05, 4.69) is 24.1 Å². The molecule has 0 aliphatic carbocycles. The van der Waals surface area contributed by atoms with Gasteiger partial charge in [0.25, 0.3) is 0 Å². The normalized spacial score (nSPS) is 16.2. The van der Waals surface area contributed by atoms with Gasteiger partial charge in [0.05, 0.1) is 6.10 Å². The van der Waals surface area contributed by atoms with E-state index in [1.165, 1.54) is 0 Å². The molecule has 1 fully saturated rings. The molecule has 2 amide bonds. The van der Waals surface area contributed by atoms with Crippen LogP contribution in [0.15, 0.2) is 24.3 Å². The number of urea groups is 1. The van der Waals surface area contributed by atoms with Crippen molar-refractivity contribution in [3.05, 3.63) is 24.3 Å². The van der Waals surface area contributed by atoms with Crippen LogP contribution in [0.4, 0.5) is 10.5 Å². The van der Waals surface area contributed by atoms with Crippen LogP contribution in [0.25, 0.3) is 0 Å². The van der Waals surface area contributed by atoms with Gasteiger partial charge >= 0.3 is 6.03 Å². The largest absolute Gasteiger partial charge is 0.491 e. The number of ether oxygens (including phenoxy) is 1. The van der Waals surface area contributed by atoms with Crippen LogP contribution in [-0.4, -0.2) is 54.2 Å². The highest BCUT2D eigenvalue weighted by Gasteiger charge is 2.22. The van der Waals surface area contributed by atoms with Crippen LogP contribution in [-0.2, 0) is 0 Å². The summed E-state index contributed by atoms with van der Waals surface area (Å²) < 4.78 is 5.60. The predicted molar refractivity (Wildman–Crippen MR) is 89.5 cm³/mol. The van der Waals surface area contributed by atoms with E-state index in [-0.39, 0.29) is 12.1 Å². The zero-order valence-electron chi connectivity index (χ0n) is 14.0. The molecule has 1 aliphatic heterocycles. The Balaban J connectivity index is 1.84. The third-order valence-corrected chi connectivity index (χ3v) is 3.81. The molecule has 0 spiro atoms. The summed E-state index contributed by atoms with van der Waals surface area (Å²) in [4.78, 5) is 16.5. The molecule has 1 aliphatic rings. The summed E-state index contributed by atoms with van der Waals surface area (Å²) in [7, 11) is 0. The molecule has 1 aromatic carbocycles. The van der Waals surface area contributed by atoms with Gasteiger partial charge in [-0.05, 0) is 52.0 Å². The standard InChI is InChI=1S/C17H27N3O2/c1-13(2)19-9-11-20(12-10-19)17(21)18-15-5-7-16(8-6-15)22-14(3)4/h5-8,13-14H,9-12H2,1-4H3,(H,18,21). The molecule has 0 saturated carbocycles. The number of carbonyl (C=O) groups excluding carboxylic acids is 1. The number of piperazine rings is 1. The first-order valence-electron chi connectivity index (χ1n) is 8.02. The minimum Gasteiger partial charge on any atom is -0.491 e. The van der Waals surface area contributed by atoms with E-state index in [0.717, 1.165) is 37.6 Å². The molecule has 0 bridgehead atoms. The number of amides is 2. The van der Waals surface area contributed by atoms with E-state index in [1.54, 1.807) is 0 Å². The van der Waals surface area contributed by atoms with Crippen molar-refractivity contribution in [2.75, 3.05) is 31.5 Å². The van der Waals surface area contributed by atoms with Gasteiger partial charge in [-0.1, -0.05) is 0 Å². The van der Waals surface area contributed by atoms with E-state index < -0.39 is 0 Å². The zero-order chi connectivity index (χ0) is 16.1. The average molecular weight is 305 g/mol. The Morgan fingerprint density at radius 1 is 1.05 bits per heavy atom. The van der Waals surface area contributed by atoms with E-state index in [0.29, 0.717) is 6.04 Å². The van der Waals surface area contributed by atoms with Gasteiger partial charge in [0.15, 0.2) is 0 Å². The lowest BCUT2D eigenvalue weighted by Gasteiger charge is -2.36. The van der Waals surface area contributed by atoms with E-state index >= 15 is 0 Å². The van der Waals surface area contributed by atoms with E-state index in [4.69, 9.17) is 4.74 Å². The number of nitrogens with one attached hydrogen (secondary N) is 1. The minimum atomic E-state index is -0.0269. The summed E-state index contributed by atoms with van der Waals surface area (Å²) >= 11 is 0. The molecular weight excluding hydrogens is 278 g/mol. The smallest absolute Gasteiger partial charge is 0.321 e. The van der Waals surface area contributed by atoms with Crippen molar-refractivity contribution in [1.82, 2.24) is 9.80 Å². The number of anilines is 1. The lowest BCUT2D eigenvalue weighted by molar-refractivity contribution is 0.125. The fraction of sp³-hybridized carbons (Fsp3) is 0.588. The molecule has 122 valence electrons. The molecule has 0 radical (unpaired) electrons. The molecule has 5 nitrogen and oxygen atoms in total. The SMILES string of the molecule is CC(C)Oc1ccc(NC(=O)N2CCN(C(C)C)CC2)cc1. The van der Waals surface area contributed by atoms with Crippen LogP contribution >= 0.6 is 0 Å². The third kappa shape index (κ3) is 4.63. The summed E-state index contributed by atoms with van der Waals surface area (Å²) in [5, 5.41) is 2.95. The molecule has 1 aromatic rings. The van der Waals surface area contributed by atoms with Gasteiger partial charge in [-0.2, -0.15) is 0 Å². The number of hydrogen-bond acceptors (Lipinski definition) is 3. The highest BCUT2D eigenvalue weighted by atomic mass is 16.5. The first kappa shape index (κ1) is 16.6. The van der Waals surface area contributed by atoms with Crippen LogP contribution in [0.2, 0.25) is 0 Å². The number of benzene rings is 1. The van der Waals surface area contributed by atoms with Crippen molar-refractivity contribution >= 4 is 11.7 Å². The molecule has 2 rings (SSSR count). The van der Waals surface area contributed by atoms with E-state index in [1.807, 2.05) is 43.0 Å². The topological polar surface area (TPSA) is 44.8 Å². The first-order valence-corrected chi connectivity index (χ1v) is 8.02. The Hall–Kier alpha value is -1.75. The summed E-state index contributed by atoms with van der Waals surface area (Å²) in [5.74, 6) is 0.818. The number of carbonyl (C=O) groups is 1. The molecule has 1 N–H and O–H groups in total. The summed E-state index contributed by atoms with van der Waals surface area (Å²) in [6, 6.07) is 8.03. The van der Waals surface area contributed by atoms with Crippen LogP contribution in [0.3, 0.4) is 0 Å². The van der Waals surface area contributed by atoms with Gasteiger partial charge in [-0.15, -0.1) is 0 Å². The first-order chi connectivity index (χ1) is 10.5. The Labute approximate surface area is 133 Å². The number of hydrogen-bond donors (Lipinski definition) is 1. The van der Waals surface area contributed by atoms with Crippen LogP contribution < -0.4 is 10.1 Å². The monoisotopic (exact) mass is 305 g/mol. The van der Waals surface area contributed by atoms with Crippen molar-refractivity contribution in [3.8, 4) is 5.75 Å². The van der Waals surface area contributed by atoms with Gasteiger partial charge in [0.1, 0.15) is 5.75 Å². The number of rotatable bonds is 4. The molecule has 0 aromatic heterocycles. The Kier molecular flexibility index (Phi) is 5.66. The maximum atomic E-state index is 12.3. The molecule has 0 atom stereocenters. The summed E-state index contributed by atoms with van der Waals surface area (Å²) in [6.45, 7) is 11.8. The van der Waals surface area contributed by atoms with Crippen molar-refractivity contribution in [2.24, 2.45) is 0 Å². The zero-order valence-corrected chi connectivity index (χ0v) is 14.0. The van der Waals surface area contributed by atoms with Gasteiger partial charge in [-0.25, -0.2) is 4.79 Å². The molecule has 0 unspecified atom stereocenters. The van der Waals surface area contributed by atoms with Gasteiger partial charge < -0.3 is 15.0 Å². The van der Waals surface area contributed by atoms with Crippen LogP contribution in [0.5, 0.6) is 5.75 Å². The highest BCUT2D eigenvalue weighted by Crippen LogP contribution is 2.17. The van der Waals surface area contributed by atoms with Gasteiger partial charge in [-0.3, -0.25) is 4.90 Å². The van der Waals surface area contributed by atoms with Crippen molar-refractivity contribution in [2.45, 2.75) is 39.8 Å². The fourth-order valence-corrected chi connectivity index (χ4v) is 2.53. The maximum Gasteiger partial charge on any atom is 0.321 e. The summed E-state index contributed by atoms with van der Waals surface area (Å²) in [5.41, 5.74) is 0.799. The second-order valence-electron chi connectivity index (χ2n) is 6.24. The van der Waals surface area contributed by atoms with Crippen molar-refractivity contribution < 1.29 is 9.53 Å². The fourth-order valence-electron chi connectivity index (χ4n) is 2.53. The molecule has 1 saturated heterocycles. The lowest BCUT2D eigenvalue weighted by Crippen LogP contribution is -2.51. The number of nitrogens with zero attached hydrogens (tertiary/aromatic N) is 2. The lowest BCUT2D eigenvalue weighted by atomic mass is 10.2. The van der Waals surface area contributed by atoms with Crippen LogP contribution in [0.1, 0.15) is 27.7 Å². The Morgan fingerprint density at radius 2 is 1.64 bits per heavy atom. The molecule has 22 heavy (non-hydrogen) atoms. The van der Waals surface area contributed by atoms with Crippen LogP contribution in [0, 0.1) is 0 Å². The third-order valence-electron chi connectivity index (χ3n) is 3.81. The summed E-state index contributed by atoms with van der Waals surface area (Å²) in [6.07, 6.45) is 0.151. The quantitative estimate of drug-likeness (QED) is 0.930. The predicted octanol–water partition coefficient (Wildman–Crippen LogP) is 3.03. The second-order valence-corrected chi connectivity index (χ2v) is 6.24. The highest BCUT2D eigenvalue weighted by molar-refractivity contribution is 5.89. The molecular formula is C17H27N3O2. The second kappa shape index (κ2) is 7.49. The Bertz CT molecular complexity index is 477. The Morgan fingerprint density at radius 3 is 2.14 bits per heavy atom. The van der Waals surface area contributed by atoms with Crippen molar-refractivity contribution in [1.29, 1.82) is 0 Å². The van der Waals surface area contributed by atoms with Crippen molar-refractivity contribution in [3.63, 3.8) is 0 Å². The van der Waals surface area contributed by atoms with Gasteiger partial charge in [0, 0.05) is 37.9 Å². The van der Waals surface area contributed by atoms with E-state index in [9.17, 15) is 4.79 Å². The van der Waals surface area contributed by atoms with Gasteiger partial charge in [0.2, 0.25) is 0 Å². The molecule has 1 heterocycles. The minimum absolute atomic E-state index is 0.0269. The molecule has 5 heteroatoms.